The van der Waals surface area contributed by atoms with Gasteiger partial charge >= 0.3 is 0 Å². The summed E-state index contributed by atoms with van der Waals surface area (Å²) in [7, 11) is 2.80. The number of pyridine rings is 1. The molecule has 0 spiro atoms. The minimum atomic E-state index is -2.92. The van der Waals surface area contributed by atoms with Gasteiger partial charge in [0.1, 0.15) is 5.69 Å². The highest BCUT2D eigenvalue weighted by molar-refractivity contribution is 5.77. The van der Waals surface area contributed by atoms with Crippen molar-refractivity contribution >= 4 is 6.29 Å². The number of rotatable bonds is 4. The molecule has 6 heteroatoms. The lowest BCUT2D eigenvalue weighted by atomic mass is 9.91. The van der Waals surface area contributed by atoms with Crippen molar-refractivity contribution in [2.45, 2.75) is 31.5 Å². The fourth-order valence-corrected chi connectivity index (χ4v) is 2.31. The summed E-state index contributed by atoms with van der Waals surface area (Å²) in [6.07, 6.45) is 0.297. The first kappa shape index (κ1) is 14.0. The molecule has 4 nitrogen and oxygen atoms in total. The van der Waals surface area contributed by atoms with Crippen LogP contribution in [0.3, 0.4) is 0 Å². The van der Waals surface area contributed by atoms with Crippen LogP contribution in [0.15, 0.2) is 6.07 Å². The monoisotopic (exact) mass is 271 g/mol. The Hall–Kier alpha value is -1.40. The second-order valence-electron chi connectivity index (χ2n) is 4.44. The Morgan fingerprint density at radius 2 is 2.11 bits per heavy atom. The third kappa shape index (κ3) is 2.50. The molecule has 2 rings (SSSR count). The molecule has 1 aliphatic rings. The molecule has 0 saturated heterocycles. The fourth-order valence-electron chi connectivity index (χ4n) is 2.31. The Labute approximate surface area is 109 Å². The Kier molecular flexibility index (Phi) is 3.91. The minimum absolute atomic E-state index is 0.0778. The van der Waals surface area contributed by atoms with Crippen LogP contribution in [0.5, 0.6) is 0 Å². The molecule has 0 amide bonds. The van der Waals surface area contributed by atoms with Gasteiger partial charge in [-0.15, -0.1) is 0 Å². The Bertz CT molecular complexity index is 487. The fraction of sp³-hybridized carbons (Fsp3) is 0.538. The van der Waals surface area contributed by atoms with Gasteiger partial charge in [0.05, 0.1) is 5.69 Å². The van der Waals surface area contributed by atoms with Gasteiger partial charge in [0.15, 0.2) is 6.29 Å². The van der Waals surface area contributed by atoms with E-state index in [0.29, 0.717) is 24.8 Å². The lowest BCUT2D eigenvalue weighted by molar-refractivity contribution is -0.109. The maximum absolute atomic E-state index is 13.8. The molecule has 1 aliphatic carbocycles. The number of aryl methyl sites for hydroxylation is 1. The molecule has 0 unspecified atom stereocenters. The number of carbonyl (C=O) groups excluding carboxylic acids is 1. The molecule has 1 aromatic rings. The van der Waals surface area contributed by atoms with Crippen LogP contribution < -0.4 is 0 Å². The van der Waals surface area contributed by atoms with Crippen LogP contribution in [-0.2, 0) is 21.8 Å². The Balaban J connectivity index is 2.56. The molecule has 0 aliphatic heterocycles. The minimum Gasteiger partial charge on any atom is -0.350 e. The Morgan fingerprint density at radius 3 is 2.68 bits per heavy atom. The second kappa shape index (κ2) is 5.30. The summed E-state index contributed by atoms with van der Waals surface area (Å²) < 4.78 is 37.7. The Morgan fingerprint density at radius 1 is 1.42 bits per heavy atom. The van der Waals surface area contributed by atoms with E-state index in [2.05, 4.69) is 4.98 Å². The van der Waals surface area contributed by atoms with E-state index in [1.165, 1.54) is 20.3 Å². The molecule has 1 aromatic heterocycles. The zero-order chi connectivity index (χ0) is 14.0. The molecular weight excluding hydrogens is 256 g/mol. The van der Waals surface area contributed by atoms with Gasteiger partial charge in [-0.25, -0.2) is 8.78 Å². The number of methoxy groups -OCH3 is 2. The van der Waals surface area contributed by atoms with Crippen molar-refractivity contribution in [1.82, 2.24) is 4.98 Å². The number of halogens is 2. The summed E-state index contributed by atoms with van der Waals surface area (Å²) in [4.78, 5) is 15.2. The quantitative estimate of drug-likeness (QED) is 0.624. The number of hydrogen-bond acceptors (Lipinski definition) is 4. The summed E-state index contributed by atoms with van der Waals surface area (Å²) in [6.45, 7) is 0. The van der Waals surface area contributed by atoms with Crippen molar-refractivity contribution < 1.29 is 23.0 Å². The van der Waals surface area contributed by atoms with Crippen LogP contribution in [0.25, 0.3) is 0 Å². The number of fused-ring (bicyclic) bond motifs is 1. The van der Waals surface area contributed by atoms with Crippen LogP contribution >= 0.6 is 0 Å². The van der Waals surface area contributed by atoms with Crippen LogP contribution in [0.1, 0.15) is 46.4 Å². The van der Waals surface area contributed by atoms with E-state index < -0.39 is 12.2 Å². The van der Waals surface area contributed by atoms with E-state index in [4.69, 9.17) is 9.47 Å². The molecule has 0 N–H and O–H groups in total. The molecule has 19 heavy (non-hydrogen) atoms. The summed E-state index contributed by atoms with van der Waals surface area (Å²) in [5, 5.41) is 0. The van der Waals surface area contributed by atoms with Crippen molar-refractivity contribution in [3.8, 4) is 0 Å². The van der Waals surface area contributed by atoms with Crippen molar-refractivity contribution in [1.29, 1.82) is 0 Å². The normalized spacial score (nSPS) is 17.3. The van der Waals surface area contributed by atoms with E-state index in [1.807, 2.05) is 0 Å². The van der Waals surface area contributed by atoms with Gasteiger partial charge in [-0.05, 0) is 18.9 Å². The topological polar surface area (TPSA) is 48.4 Å². The van der Waals surface area contributed by atoms with Crippen molar-refractivity contribution in [3.63, 3.8) is 0 Å². The average molecular weight is 271 g/mol. The van der Waals surface area contributed by atoms with Gasteiger partial charge in [0, 0.05) is 31.8 Å². The number of aromatic nitrogens is 1. The highest BCUT2D eigenvalue weighted by atomic mass is 19.3. The molecular formula is C13H15F2NO3. The standard InChI is InChI=1S/C13H15F2NO3/c1-18-12(19-2)11-8(7-17)6-9-10(16-11)4-3-5-13(9,14)15/h6-7,12H,3-5H2,1-2H3. The highest BCUT2D eigenvalue weighted by Crippen LogP contribution is 2.40. The summed E-state index contributed by atoms with van der Waals surface area (Å²) >= 11 is 0. The smallest absolute Gasteiger partial charge is 0.275 e. The summed E-state index contributed by atoms with van der Waals surface area (Å²) in [5.74, 6) is -2.92. The van der Waals surface area contributed by atoms with E-state index in [0.717, 1.165) is 0 Å². The van der Waals surface area contributed by atoms with Crippen LogP contribution in [-0.4, -0.2) is 25.5 Å². The number of ether oxygens (including phenoxy) is 2. The summed E-state index contributed by atoms with van der Waals surface area (Å²) in [6, 6.07) is 1.20. The van der Waals surface area contributed by atoms with E-state index in [9.17, 15) is 13.6 Å². The zero-order valence-corrected chi connectivity index (χ0v) is 10.8. The van der Waals surface area contributed by atoms with Crippen molar-refractivity contribution in [2.24, 2.45) is 0 Å². The van der Waals surface area contributed by atoms with E-state index in [-0.39, 0.29) is 23.2 Å². The number of aldehydes is 1. The van der Waals surface area contributed by atoms with Gasteiger partial charge in [0.2, 0.25) is 6.29 Å². The third-order valence-corrected chi connectivity index (χ3v) is 3.24. The van der Waals surface area contributed by atoms with Gasteiger partial charge in [-0.3, -0.25) is 9.78 Å². The van der Waals surface area contributed by atoms with Gasteiger partial charge in [-0.1, -0.05) is 0 Å². The molecule has 104 valence electrons. The molecule has 1 heterocycles. The average Bonchev–Trinajstić information content (AvgIpc) is 2.39. The molecule has 0 aromatic carbocycles. The van der Waals surface area contributed by atoms with Crippen LogP contribution in [0, 0.1) is 0 Å². The van der Waals surface area contributed by atoms with Gasteiger partial charge < -0.3 is 9.47 Å². The second-order valence-corrected chi connectivity index (χ2v) is 4.44. The van der Waals surface area contributed by atoms with E-state index in [1.54, 1.807) is 0 Å². The largest absolute Gasteiger partial charge is 0.350 e. The van der Waals surface area contributed by atoms with Gasteiger partial charge in [0.25, 0.3) is 5.92 Å². The summed E-state index contributed by atoms with van der Waals surface area (Å²) in [5.41, 5.74) is 0.483. The van der Waals surface area contributed by atoms with Crippen LogP contribution in [0.2, 0.25) is 0 Å². The molecule has 0 atom stereocenters. The predicted octanol–water partition coefficient (Wildman–Crippen LogP) is 2.61. The SMILES string of the molecule is COC(OC)c1nc2c(cc1C=O)C(F)(F)CCC2. The lowest BCUT2D eigenvalue weighted by Gasteiger charge is -2.26. The molecule has 0 fully saturated rings. The number of nitrogens with zero attached hydrogens (tertiary/aromatic N) is 1. The highest BCUT2D eigenvalue weighted by Gasteiger charge is 2.38. The first-order valence-electron chi connectivity index (χ1n) is 5.96. The first-order chi connectivity index (χ1) is 9.03. The molecule has 0 radical (unpaired) electrons. The predicted molar refractivity (Wildman–Crippen MR) is 63.2 cm³/mol. The van der Waals surface area contributed by atoms with Crippen molar-refractivity contribution in [2.75, 3.05) is 14.2 Å². The lowest BCUT2D eigenvalue weighted by Crippen LogP contribution is -2.24. The van der Waals surface area contributed by atoms with Gasteiger partial charge in [-0.2, -0.15) is 0 Å². The van der Waals surface area contributed by atoms with Crippen LogP contribution in [0.4, 0.5) is 8.78 Å². The zero-order valence-electron chi connectivity index (χ0n) is 10.8. The number of carbonyl (C=O) groups is 1. The number of hydrogen-bond donors (Lipinski definition) is 0. The molecule has 0 saturated carbocycles. The molecule has 0 bridgehead atoms. The third-order valence-electron chi connectivity index (χ3n) is 3.24. The number of alkyl halides is 2. The maximum atomic E-state index is 13.8. The first-order valence-corrected chi connectivity index (χ1v) is 5.96. The van der Waals surface area contributed by atoms with Crippen molar-refractivity contribution in [3.05, 3.63) is 28.6 Å². The van der Waals surface area contributed by atoms with E-state index >= 15 is 0 Å². The maximum Gasteiger partial charge on any atom is 0.275 e.